The topological polar surface area (TPSA) is 31.6 Å². The number of furan rings is 1. The molecule has 1 fully saturated rings. The quantitative estimate of drug-likeness (QED) is 0.656. The van der Waals surface area contributed by atoms with Crippen molar-refractivity contribution < 1.29 is 13.7 Å². The molecule has 2 heterocycles. The van der Waals surface area contributed by atoms with Crippen LogP contribution < -0.4 is 5.46 Å². The highest BCUT2D eigenvalue weighted by atomic mass is 16.7. The second-order valence-electron chi connectivity index (χ2n) is 7.36. The molecule has 24 heavy (non-hydrogen) atoms. The van der Waals surface area contributed by atoms with Gasteiger partial charge < -0.3 is 13.7 Å². The van der Waals surface area contributed by atoms with Crippen molar-refractivity contribution in [1.82, 2.24) is 0 Å². The summed E-state index contributed by atoms with van der Waals surface area (Å²) in [6.07, 6.45) is 0. The van der Waals surface area contributed by atoms with Gasteiger partial charge in [-0.1, -0.05) is 42.5 Å². The highest BCUT2D eigenvalue weighted by molar-refractivity contribution is 6.62. The molecule has 1 aliphatic rings. The van der Waals surface area contributed by atoms with Crippen LogP contribution in [0.2, 0.25) is 0 Å². The molecule has 2 aromatic carbocycles. The highest BCUT2D eigenvalue weighted by Gasteiger charge is 2.51. The monoisotopic (exact) mass is 320 g/mol. The van der Waals surface area contributed by atoms with Crippen molar-refractivity contribution in [3.8, 4) is 11.3 Å². The first-order valence-corrected chi connectivity index (χ1v) is 8.30. The largest absolute Gasteiger partial charge is 0.494 e. The zero-order valence-electron chi connectivity index (χ0n) is 14.5. The Balaban J connectivity index is 1.70. The molecule has 0 spiro atoms. The average Bonchev–Trinajstić information content (AvgIpc) is 3.06. The van der Waals surface area contributed by atoms with E-state index in [0.717, 1.165) is 27.8 Å². The van der Waals surface area contributed by atoms with Gasteiger partial charge in [-0.2, -0.15) is 0 Å². The first-order valence-electron chi connectivity index (χ1n) is 8.30. The zero-order valence-corrected chi connectivity index (χ0v) is 14.5. The predicted octanol–water partition coefficient (Wildman–Crippen LogP) is 4.40. The molecular formula is C20H21BO3. The summed E-state index contributed by atoms with van der Waals surface area (Å²) in [5.41, 5.74) is 2.29. The van der Waals surface area contributed by atoms with E-state index < -0.39 is 0 Å². The molecule has 4 rings (SSSR count). The van der Waals surface area contributed by atoms with Crippen molar-refractivity contribution in [2.45, 2.75) is 38.9 Å². The van der Waals surface area contributed by atoms with E-state index in [-0.39, 0.29) is 18.3 Å². The second-order valence-corrected chi connectivity index (χ2v) is 7.36. The highest BCUT2D eigenvalue weighted by Crippen LogP contribution is 2.37. The van der Waals surface area contributed by atoms with Crippen molar-refractivity contribution in [2.24, 2.45) is 0 Å². The van der Waals surface area contributed by atoms with Gasteiger partial charge in [0.05, 0.1) is 11.2 Å². The lowest BCUT2D eigenvalue weighted by Gasteiger charge is -2.32. The standard InChI is InChI=1S/C20H21BO3/c1-19(2)20(3,4)24-21(23-19)16-10-11-17-15(12-16)13-18(22-17)14-8-6-5-7-9-14/h5-13H,1-4H3. The Hall–Kier alpha value is -2.04. The minimum absolute atomic E-state index is 0.335. The molecule has 0 amide bonds. The molecule has 0 unspecified atom stereocenters. The van der Waals surface area contributed by atoms with Crippen LogP contribution in [-0.4, -0.2) is 18.3 Å². The molecule has 122 valence electrons. The number of rotatable bonds is 2. The maximum Gasteiger partial charge on any atom is 0.494 e. The van der Waals surface area contributed by atoms with Gasteiger partial charge in [0.25, 0.3) is 0 Å². The Kier molecular flexibility index (Phi) is 3.38. The van der Waals surface area contributed by atoms with Crippen LogP contribution in [0.25, 0.3) is 22.3 Å². The Morgan fingerprint density at radius 3 is 2.12 bits per heavy atom. The van der Waals surface area contributed by atoms with Crippen molar-refractivity contribution in [3.05, 3.63) is 54.6 Å². The van der Waals surface area contributed by atoms with Gasteiger partial charge in [-0.25, -0.2) is 0 Å². The van der Waals surface area contributed by atoms with Crippen LogP contribution in [-0.2, 0) is 9.31 Å². The summed E-state index contributed by atoms with van der Waals surface area (Å²) < 4.78 is 18.2. The van der Waals surface area contributed by atoms with Crippen LogP contribution in [0.4, 0.5) is 0 Å². The van der Waals surface area contributed by atoms with E-state index in [9.17, 15) is 0 Å². The summed E-state index contributed by atoms with van der Waals surface area (Å²) in [6, 6.07) is 18.3. The van der Waals surface area contributed by atoms with Crippen LogP contribution in [0.5, 0.6) is 0 Å². The lowest BCUT2D eigenvalue weighted by Crippen LogP contribution is -2.41. The van der Waals surface area contributed by atoms with Gasteiger partial charge >= 0.3 is 7.12 Å². The molecule has 0 radical (unpaired) electrons. The predicted molar refractivity (Wildman–Crippen MR) is 97.4 cm³/mol. The third-order valence-corrected chi connectivity index (χ3v) is 5.12. The number of hydrogen-bond donors (Lipinski definition) is 0. The molecule has 3 aromatic rings. The molecule has 0 aliphatic carbocycles. The van der Waals surface area contributed by atoms with E-state index in [0.29, 0.717) is 0 Å². The van der Waals surface area contributed by atoms with Gasteiger partial charge in [-0.05, 0) is 45.3 Å². The normalized spacial score (nSPS) is 19.1. The summed E-state index contributed by atoms with van der Waals surface area (Å²) in [5, 5.41) is 1.06. The van der Waals surface area contributed by atoms with Crippen LogP contribution in [0.3, 0.4) is 0 Å². The molecule has 1 aromatic heterocycles. The minimum atomic E-state index is -0.352. The van der Waals surface area contributed by atoms with Gasteiger partial charge in [0.1, 0.15) is 11.3 Å². The van der Waals surface area contributed by atoms with Gasteiger partial charge in [0, 0.05) is 10.9 Å². The van der Waals surface area contributed by atoms with Crippen LogP contribution in [0, 0.1) is 0 Å². The summed E-state index contributed by atoms with van der Waals surface area (Å²) in [6.45, 7) is 8.27. The molecule has 0 bridgehead atoms. The minimum Gasteiger partial charge on any atom is -0.456 e. The molecule has 3 nitrogen and oxygen atoms in total. The van der Waals surface area contributed by atoms with Crippen LogP contribution >= 0.6 is 0 Å². The fourth-order valence-electron chi connectivity index (χ4n) is 2.93. The molecule has 0 atom stereocenters. The van der Waals surface area contributed by atoms with Gasteiger partial charge in [-0.3, -0.25) is 0 Å². The van der Waals surface area contributed by atoms with Gasteiger partial charge in [0.15, 0.2) is 0 Å². The lowest BCUT2D eigenvalue weighted by atomic mass is 9.79. The fraction of sp³-hybridized carbons (Fsp3) is 0.300. The lowest BCUT2D eigenvalue weighted by molar-refractivity contribution is 0.00578. The Morgan fingerprint density at radius 2 is 1.46 bits per heavy atom. The SMILES string of the molecule is CC1(C)OB(c2ccc3oc(-c4ccccc4)cc3c2)OC1(C)C. The van der Waals surface area contributed by atoms with Gasteiger partial charge in [-0.15, -0.1) is 0 Å². The van der Waals surface area contributed by atoms with E-state index >= 15 is 0 Å². The van der Waals surface area contributed by atoms with Crippen molar-refractivity contribution >= 4 is 23.6 Å². The summed E-state index contributed by atoms with van der Waals surface area (Å²) >= 11 is 0. The fourth-order valence-corrected chi connectivity index (χ4v) is 2.93. The average molecular weight is 320 g/mol. The Morgan fingerprint density at radius 1 is 0.792 bits per heavy atom. The van der Waals surface area contributed by atoms with E-state index in [1.807, 2.05) is 42.5 Å². The molecular weight excluding hydrogens is 299 g/mol. The number of hydrogen-bond acceptors (Lipinski definition) is 3. The van der Waals surface area contributed by atoms with E-state index in [1.54, 1.807) is 0 Å². The Labute approximate surface area is 142 Å². The third-order valence-electron chi connectivity index (χ3n) is 5.12. The first kappa shape index (κ1) is 15.5. The second kappa shape index (κ2) is 5.23. The van der Waals surface area contributed by atoms with Gasteiger partial charge in [0.2, 0.25) is 0 Å². The van der Waals surface area contributed by atoms with E-state index in [1.165, 1.54) is 0 Å². The van der Waals surface area contributed by atoms with E-state index in [2.05, 4.69) is 39.8 Å². The van der Waals surface area contributed by atoms with Crippen molar-refractivity contribution in [1.29, 1.82) is 0 Å². The molecule has 0 N–H and O–H groups in total. The molecule has 4 heteroatoms. The third kappa shape index (κ3) is 2.47. The summed E-state index contributed by atoms with van der Waals surface area (Å²) in [5.74, 6) is 0.872. The van der Waals surface area contributed by atoms with Crippen molar-refractivity contribution in [2.75, 3.05) is 0 Å². The van der Waals surface area contributed by atoms with Crippen molar-refractivity contribution in [3.63, 3.8) is 0 Å². The summed E-state index contributed by atoms with van der Waals surface area (Å²) in [4.78, 5) is 0. The number of benzene rings is 2. The molecule has 1 aliphatic heterocycles. The maximum absolute atomic E-state index is 6.14. The Bertz CT molecular complexity index is 864. The smallest absolute Gasteiger partial charge is 0.456 e. The molecule has 1 saturated heterocycles. The van der Waals surface area contributed by atoms with Crippen LogP contribution in [0.15, 0.2) is 59.0 Å². The number of fused-ring (bicyclic) bond motifs is 1. The summed E-state index contributed by atoms with van der Waals surface area (Å²) in [7, 11) is -0.352. The molecule has 0 saturated carbocycles. The van der Waals surface area contributed by atoms with Crippen LogP contribution in [0.1, 0.15) is 27.7 Å². The van der Waals surface area contributed by atoms with E-state index in [4.69, 9.17) is 13.7 Å². The first-order chi connectivity index (χ1) is 11.4. The maximum atomic E-state index is 6.14. The zero-order chi connectivity index (χ0) is 16.9.